The molecule has 0 spiro atoms. The highest BCUT2D eigenvalue weighted by molar-refractivity contribution is 4.88. The average Bonchev–Trinajstić information content (AvgIpc) is 2.07. The zero-order valence-corrected chi connectivity index (χ0v) is 6.36. The second-order valence-electron chi connectivity index (χ2n) is 2.03. The van der Waals surface area contributed by atoms with Crippen LogP contribution in [0.25, 0.3) is 0 Å². The van der Waals surface area contributed by atoms with Gasteiger partial charge < -0.3 is 4.74 Å². The van der Waals surface area contributed by atoms with Crippen molar-refractivity contribution in [2.75, 3.05) is 13.2 Å². The minimum absolute atomic E-state index is 0.507. The number of aromatic nitrogens is 2. The van der Waals surface area contributed by atoms with Gasteiger partial charge in [0.25, 0.3) is 0 Å². The molecule has 0 bridgehead atoms. The van der Waals surface area contributed by atoms with Crippen molar-refractivity contribution in [1.82, 2.24) is 9.97 Å². The van der Waals surface area contributed by atoms with E-state index < -0.39 is 0 Å². The lowest BCUT2D eigenvalue weighted by Crippen LogP contribution is -2.01. The van der Waals surface area contributed by atoms with Crippen molar-refractivity contribution in [3.05, 3.63) is 31.2 Å². The van der Waals surface area contributed by atoms with E-state index in [1.807, 2.05) is 0 Å². The van der Waals surface area contributed by atoms with Gasteiger partial charge in [-0.3, -0.25) is 0 Å². The Morgan fingerprint density at radius 1 is 1.36 bits per heavy atom. The minimum atomic E-state index is 0.507. The van der Waals surface area contributed by atoms with Gasteiger partial charge in [-0.1, -0.05) is 0 Å². The molecular formula is C8H11N2O. The molecule has 1 aromatic heterocycles. The van der Waals surface area contributed by atoms with Crippen LogP contribution >= 0.6 is 0 Å². The molecule has 0 aliphatic carbocycles. The summed E-state index contributed by atoms with van der Waals surface area (Å²) >= 11 is 0. The molecule has 0 amide bonds. The SMILES string of the molecule is [CH2]COCCc1ncccn1. The molecule has 0 fully saturated rings. The van der Waals surface area contributed by atoms with Crippen molar-refractivity contribution < 1.29 is 4.74 Å². The van der Waals surface area contributed by atoms with Crippen molar-refractivity contribution in [3.63, 3.8) is 0 Å². The maximum absolute atomic E-state index is 5.05. The van der Waals surface area contributed by atoms with Gasteiger partial charge in [-0.15, -0.1) is 0 Å². The zero-order chi connectivity index (χ0) is 7.94. The lowest BCUT2D eigenvalue weighted by atomic mass is 10.4. The first-order chi connectivity index (χ1) is 5.43. The molecule has 0 aliphatic heterocycles. The van der Waals surface area contributed by atoms with Crippen LogP contribution in [0.2, 0.25) is 0 Å². The van der Waals surface area contributed by atoms with Crippen LogP contribution in [0.1, 0.15) is 5.82 Å². The van der Waals surface area contributed by atoms with E-state index in [9.17, 15) is 0 Å². The number of nitrogens with zero attached hydrogens (tertiary/aromatic N) is 2. The van der Waals surface area contributed by atoms with Crippen LogP contribution < -0.4 is 0 Å². The Morgan fingerprint density at radius 3 is 2.73 bits per heavy atom. The Labute approximate surface area is 66.4 Å². The van der Waals surface area contributed by atoms with Crippen molar-refractivity contribution in [2.45, 2.75) is 6.42 Å². The summed E-state index contributed by atoms with van der Waals surface area (Å²) in [5, 5.41) is 0. The normalized spacial score (nSPS) is 9.91. The Kier molecular flexibility index (Phi) is 3.55. The summed E-state index contributed by atoms with van der Waals surface area (Å²) in [6, 6.07) is 1.80. The fourth-order valence-corrected chi connectivity index (χ4v) is 0.725. The minimum Gasteiger partial charge on any atom is -0.381 e. The molecule has 3 nitrogen and oxygen atoms in total. The quantitative estimate of drug-likeness (QED) is 0.599. The molecule has 0 saturated heterocycles. The van der Waals surface area contributed by atoms with E-state index in [0.29, 0.717) is 13.2 Å². The van der Waals surface area contributed by atoms with E-state index in [0.717, 1.165) is 12.2 Å². The van der Waals surface area contributed by atoms with E-state index in [4.69, 9.17) is 4.74 Å². The molecule has 1 aromatic rings. The lowest BCUT2D eigenvalue weighted by molar-refractivity contribution is 0.163. The molecule has 0 N–H and O–H groups in total. The Balaban J connectivity index is 2.28. The highest BCUT2D eigenvalue weighted by atomic mass is 16.5. The van der Waals surface area contributed by atoms with Crippen molar-refractivity contribution >= 4 is 0 Å². The van der Waals surface area contributed by atoms with Gasteiger partial charge in [0.1, 0.15) is 5.82 Å². The third-order valence-electron chi connectivity index (χ3n) is 1.23. The molecule has 59 valence electrons. The van der Waals surface area contributed by atoms with Crippen molar-refractivity contribution in [3.8, 4) is 0 Å². The second kappa shape index (κ2) is 4.79. The van der Waals surface area contributed by atoms with E-state index >= 15 is 0 Å². The molecule has 11 heavy (non-hydrogen) atoms. The third kappa shape index (κ3) is 3.09. The summed E-state index contributed by atoms with van der Waals surface area (Å²) < 4.78 is 5.05. The van der Waals surface area contributed by atoms with Gasteiger partial charge in [0.15, 0.2) is 0 Å². The Hall–Kier alpha value is -0.960. The average molecular weight is 151 g/mol. The predicted molar refractivity (Wildman–Crippen MR) is 41.9 cm³/mol. The molecule has 1 heterocycles. The predicted octanol–water partition coefficient (Wildman–Crippen LogP) is 0.870. The zero-order valence-electron chi connectivity index (χ0n) is 6.36. The smallest absolute Gasteiger partial charge is 0.130 e. The maximum Gasteiger partial charge on any atom is 0.130 e. The van der Waals surface area contributed by atoms with Crippen LogP contribution in [0, 0.1) is 6.92 Å². The number of ether oxygens (including phenoxy) is 1. The summed E-state index contributed by atoms with van der Waals surface area (Å²) in [5.41, 5.74) is 0. The van der Waals surface area contributed by atoms with Gasteiger partial charge in [0.2, 0.25) is 0 Å². The Morgan fingerprint density at radius 2 is 2.09 bits per heavy atom. The van der Waals surface area contributed by atoms with Gasteiger partial charge in [-0.05, 0) is 13.0 Å². The van der Waals surface area contributed by atoms with Crippen LogP contribution in [0.3, 0.4) is 0 Å². The largest absolute Gasteiger partial charge is 0.381 e. The molecule has 0 unspecified atom stereocenters. The van der Waals surface area contributed by atoms with E-state index in [-0.39, 0.29) is 0 Å². The first-order valence-electron chi connectivity index (χ1n) is 3.56. The number of rotatable bonds is 4. The summed E-state index contributed by atoms with van der Waals surface area (Å²) in [4.78, 5) is 8.08. The lowest BCUT2D eigenvalue weighted by Gasteiger charge is -1.98. The van der Waals surface area contributed by atoms with Gasteiger partial charge in [0.05, 0.1) is 6.61 Å². The summed E-state index contributed by atoms with van der Waals surface area (Å²) in [6.07, 6.45) is 4.22. The molecule has 3 heteroatoms. The van der Waals surface area contributed by atoms with Gasteiger partial charge in [0, 0.05) is 25.4 Å². The van der Waals surface area contributed by atoms with Crippen molar-refractivity contribution in [1.29, 1.82) is 0 Å². The fourth-order valence-electron chi connectivity index (χ4n) is 0.725. The fraction of sp³-hybridized carbons (Fsp3) is 0.375. The molecule has 0 aromatic carbocycles. The molecule has 1 radical (unpaired) electrons. The topological polar surface area (TPSA) is 35.0 Å². The molecule has 0 aliphatic rings. The van der Waals surface area contributed by atoms with Crippen molar-refractivity contribution in [2.24, 2.45) is 0 Å². The summed E-state index contributed by atoms with van der Waals surface area (Å²) in [6.45, 7) is 4.71. The molecule has 1 rings (SSSR count). The van der Waals surface area contributed by atoms with Crippen LogP contribution in [-0.4, -0.2) is 23.2 Å². The highest BCUT2D eigenvalue weighted by Gasteiger charge is 1.92. The monoisotopic (exact) mass is 151 g/mol. The maximum atomic E-state index is 5.05. The van der Waals surface area contributed by atoms with Crippen LogP contribution in [0.4, 0.5) is 0 Å². The molecule has 0 saturated carbocycles. The first kappa shape index (κ1) is 8.14. The van der Waals surface area contributed by atoms with Gasteiger partial charge in [-0.2, -0.15) is 0 Å². The number of hydrogen-bond acceptors (Lipinski definition) is 3. The van der Waals surface area contributed by atoms with Crippen LogP contribution in [0.15, 0.2) is 18.5 Å². The third-order valence-corrected chi connectivity index (χ3v) is 1.23. The summed E-state index contributed by atoms with van der Waals surface area (Å²) in [7, 11) is 0. The van der Waals surface area contributed by atoms with Crippen LogP contribution in [0.5, 0.6) is 0 Å². The van der Waals surface area contributed by atoms with E-state index in [1.165, 1.54) is 0 Å². The standard InChI is InChI=1S/C8H11N2O/c1-2-11-7-4-8-9-5-3-6-10-8/h3,5-6H,1-2,4,7H2. The first-order valence-corrected chi connectivity index (χ1v) is 3.56. The second-order valence-corrected chi connectivity index (χ2v) is 2.03. The van der Waals surface area contributed by atoms with Gasteiger partial charge in [-0.25, -0.2) is 9.97 Å². The number of hydrogen-bond donors (Lipinski definition) is 0. The van der Waals surface area contributed by atoms with E-state index in [2.05, 4.69) is 16.9 Å². The van der Waals surface area contributed by atoms with Gasteiger partial charge >= 0.3 is 0 Å². The van der Waals surface area contributed by atoms with Crippen LogP contribution in [-0.2, 0) is 11.2 Å². The molecular weight excluding hydrogens is 140 g/mol. The Bertz CT molecular complexity index is 189. The van der Waals surface area contributed by atoms with E-state index in [1.54, 1.807) is 18.5 Å². The molecule has 0 atom stereocenters. The summed E-state index contributed by atoms with van der Waals surface area (Å²) in [5.74, 6) is 0.820. The highest BCUT2D eigenvalue weighted by Crippen LogP contribution is 1.89.